The predicted octanol–water partition coefficient (Wildman–Crippen LogP) is 5.03. The Kier molecular flexibility index (Phi) is 5.79. The highest BCUT2D eigenvalue weighted by Gasteiger charge is 2.21. The lowest BCUT2D eigenvalue weighted by atomic mass is 10.0. The van der Waals surface area contributed by atoms with Crippen LogP contribution in [0.5, 0.6) is 0 Å². The van der Waals surface area contributed by atoms with E-state index in [1.165, 1.54) is 11.3 Å². The van der Waals surface area contributed by atoms with Gasteiger partial charge in [0.05, 0.1) is 34.6 Å². The van der Waals surface area contributed by atoms with E-state index in [1.807, 2.05) is 44.2 Å². The largest absolute Gasteiger partial charge is 0.308 e. The maximum absolute atomic E-state index is 13.3. The number of nitrogens with zero attached hydrogens (tertiary/aromatic N) is 5. The monoisotopic (exact) mass is 443 g/mol. The number of rotatable bonds is 6. The third-order valence-electron chi connectivity index (χ3n) is 4.97. The van der Waals surface area contributed by atoms with Crippen LogP contribution in [-0.4, -0.2) is 31.4 Å². The maximum Gasteiger partial charge on any atom is 0.258 e. The number of anilines is 1. The van der Waals surface area contributed by atoms with Crippen molar-refractivity contribution in [3.05, 3.63) is 59.2 Å². The summed E-state index contributed by atoms with van der Waals surface area (Å²) in [6.45, 7) is 5.59. The highest BCUT2D eigenvalue weighted by Crippen LogP contribution is 2.28. The van der Waals surface area contributed by atoms with Crippen LogP contribution in [0.4, 0.5) is 5.13 Å². The molecule has 9 heteroatoms. The van der Waals surface area contributed by atoms with E-state index in [0.717, 1.165) is 5.56 Å². The Hall–Kier alpha value is -3.90. The third kappa shape index (κ3) is 4.00. The van der Waals surface area contributed by atoms with E-state index in [-0.39, 0.29) is 17.7 Å². The molecule has 1 aromatic carbocycles. The van der Waals surface area contributed by atoms with Crippen molar-refractivity contribution in [2.45, 2.75) is 32.7 Å². The van der Waals surface area contributed by atoms with Gasteiger partial charge in [0, 0.05) is 22.7 Å². The number of fused-ring (bicyclic) bond motifs is 1. The lowest BCUT2D eigenvalue weighted by molar-refractivity contribution is 0.102. The van der Waals surface area contributed by atoms with Gasteiger partial charge in [0.2, 0.25) is 0 Å². The van der Waals surface area contributed by atoms with E-state index in [4.69, 9.17) is 10.4 Å². The second-order valence-corrected chi connectivity index (χ2v) is 8.48. The topological polar surface area (TPSA) is 120 Å². The first-order chi connectivity index (χ1) is 15.4. The second kappa shape index (κ2) is 8.69. The molecule has 0 bridgehead atoms. The Morgan fingerprint density at radius 1 is 1.25 bits per heavy atom. The number of aromatic nitrogens is 4. The first kappa shape index (κ1) is 21.3. The number of pyridine rings is 1. The summed E-state index contributed by atoms with van der Waals surface area (Å²) in [5.41, 5.74) is 3.31. The highest BCUT2D eigenvalue weighted by atomic mass is 32.1. The summed E-state index contributed by atoms with van der Waals surface area (Å²) in [5.74, 6) is -1.06. The molecule has 0 saturated heterocycles. The van der Waals surface area contributed by atoms with Gasteiger partial charge in [-0.3, -0.25) is 10.1 Å². The molecule has 0 saturated carbocycles. The van der Waals surface area contributed by atoms with Crippen molar-refractivity contribution in [1.82, 2.24) is 19.7 Å². The molecule has 4 aromatic rings. The number of nitrogens with one attached hydrogen (secondary N) is 2. The van der Waals surface area contributed by atoms with Gasteiger partial charge in [-0.1, -0.05) is 30.3 Å². The average molecular weight is 444 g/mol. The Labute approximate surface area is 189 Å². The SMILES string of the molecule is CC(=N)C(C#N)c1csc(NC(=O)c2cc(-c3ccccc3)nc3c2cnn3C(C)C)n1. The standard InChI is InChI=1S/C23H21N7OS/c1-13(2)30-21-18(11-26-30)16(9-19(27-21)15-7-5-4-6-8-15)22(31)29-23-28-20(12-32-23)17(10-24)14(3)25/h4-9,11-13,17,25H,1-3H3,(H,28,29,31). The third-order valence-corrected chi connectivity index (χ3v) is 5.75. The van der Waals surface area contributed by atoms with Crippen molar-refractivity contribution in [3.63, 3.8) is 0 Å². The van der Waals surface area contributed by atoms with Crippen LogP contribution in [0.2, 0.25) is 0 Å². The van der Waals surface area contributed by atoms with Crippen LogP contribution in [0, 0.1) is 16.7 Å². The van der Waals surface area contributed by atoms with E-state index in [1.54, 1.807) is 29.2 Å². The smallest absolute Gasteiger partial charge is 0.258 e. The number of carbonyl (C=O) groups excluding carboxylic acids is 1. The molecule has 0 radical (unpaired) electrons. The number of carbonyl (C=O) groups is 1. The first-order valence-corrected chi connectivity index (χ1v) is 10.9. The van der Waals surface area contributed by atoms with Crippen molar-refractivity contribution < 1.29 is 4.79 Å². The Bertz CT molecular complexity index is 1350. The number of benzene rings is 1. The van der Waals surface area contributed by atoms with Crippen molar-refractivity contribution in [2.75, 3.05) is 5.32 Å². The van der Waals surface area contributed by atoms with E-state index in [9.17, 15) is 10.1 Å². The van der Waals surface area contributed by atoms with Crippen LogP contribution < -0.4 is 5.32 Å². The van der Waals surface area contributed by atoms with Gasteiger partial charge in [-0.15, -0.1) is 11.3 Å². The summed E-state index contributed by atoms with van der Waals surface area (Å²) < 4.78 is 1.80. The molecule has 3 heterocycles. The molecule has 0 aliphatic rings. The van der Waals surface area contributed by atoms with E-state index in [0.29, 0.717) is 33.1 Å². The molecular weight excluding hydrogens is 422 g/mol. The van der Waals surface area contributed by atoms with Crippen LogP contribution in [0.25, 0.3) is 22.3 Å². The fourth-order valence-corrected chi connectivity index (χ4v) is 4.10. The van der Waals surface area contributed by atoms with Crippen molar-refractivity contribution in [1.29, 1.82) is 10.7 Å². The lowest BCUT2D eigenvalue weighted by Gasteiger charge is -2.10. The number of hydrogen-bond donors (Lipinski definition) is 2. The molecule has 32 heavy (non-hydrogen) atoms. The number of hydrogen-bond acceptors (Lipinski definition) is 7. The predicted molar refractivity (Wildman–Crippen MR) is 125 cm³/mol. The summed E-state index contributed by atoms with van der Waals surface area (Å²) in [6, 6.07) is 13.6. The van der Waals surface area contributed by atoms with Crippen LogP contribution >= 0.6 is 11.3 Å². The molecule has 0 fully saturated rings. The molecule has 1 amide bonds. The molecule has 0 aliphatic heterocycles. The highest BCUT2D eigenvalue weighted by molar-refractivity contribution is 7.14. The van der Waals surface area contributed by atoms with E-state index < -0.39 is 5.92 Å². The van der Waals surface area contributed by atoms with Crippen LogP contribution in [0.15, 0.2) is 48.0 Å². The summed E-state index contributed by atoms with van der Waals surface area (Å²) >= 11 is 1.22. The molecule has 8 nitrogen and oxygen atoms in total. The van der Waals surface area contributed by atoms with Crippen molar-refractivity contribution >= 4 is 39.1 Å². The fraction of sp³-hybridized carbons (Fsp3) is 0.217. The minimum absolute atomic E-state index is 0.0794. The number of thiazole rings is 1. The minimum Gasteiger partial charge on any atom is -0.308 e. The zero-order valence-corrected chi connectivity index (χ0v) is 18.6. The molecule has 0 aliphatic carbocycles. The molecule has 4 rings (SSSR count). The van der Waals surface area contributed by atoms with Gasteiger partial charge in [0.25, 0.3) is 5.91 Å². The Morgan fingerprint density at radius 2 is 2.00 bits per heavy atom. The molecule has 1 unspecified atom stereocenters. The summed E-state index contributed by atoms with van der Waals surface area (Å²) in [7, 11) is 0. The van der Waals surface area contributed by atoms with Gasteiger partial charge in [-0.2, -0.15) is 10.4 Å². The maximum atomic E-state index is 13.3. The Morgan fingerprint density at radius 3 is 2.66 bits per heavy atom. The fourth-order valence-electron chi connectivity index (χ4n) is 3.37. The van der Waals surface area contributed by atoms with Gasteiger partial charge in [-0.25, -0.2) is 14.6 Å². The van der Waals surface area contributed by atoms with Crippen LogP contribution in [0.1, 0.15) is 48.8 Å². The number of amides is 1. The Balaban J connectivity index is 1.75. The van der Waals surface area contributed by atoms with E-state index >= 15 is 0 Å². The first-order valence-electron chi connectivity index (χ1n) is 10.0. The molecular formula is C23H21N7OS. The van der Waals surface area contributed by atoms with Crippen LogP contribution in [0.3, 0.4) is 0 Å². The van der Waals surface area contributed by atoms with Gasteiger partial charge >= 0.3 is 0 Å². The zero-order chi connectivity index (χ0) is 22.8. The average Bonchev–Trinajstić information content (AvgIpc) is 3.41. The van der Waals surface area contributed by atoms with Gasteiger partial charge in [0.15, 0.2) is 10.8 Å². The van der Waals surface area contributed by atoms with E-state index in [2.05, 4.69) is 21.5 Å². The zero-order valence-electron chi connectivity index (χ0n) is 17.8. The molecule has 3 aromatic heterocycles. The normalized spacial score (nSPS) is 12.0. The molecule has 1 atom stereocenters. The summed E-state index contributed by atoms with van der Waals surface area (Å²) in [5, 5.41) is 27.0. The summed E-state index contributed by atoms with van der Waals surface area (Å²) in [4.78, 5) is 22.4. The summed E-state index contributed by atoms with van der Waals surface area (Å²) in [6.07, 6.45) is 1.66. The number of nitriles is 1. The minimum atomic E-state index is -0.724. The molecule has 2 N–H and O–H groups in total. The van der Waals surface area contributed by atoms with Gasteiger partial charge in [-0.05, 0) is 26.8 Å². The van der Waals surface area contributed by atoms with Gasteiger partial charge < -0.3 is 5.41 Å². The van der Waals surface area contributed by atoms with Crippen LogP contribution in [-0.2, 0) is 0 Å². The molecule has 0 spiro atoms. The molecule has 160 valence electrons. The van der Waals surface area contributed by atoms with Gasteiger partial charge in [0.1, 0.15) is 5.92 Å². The van der Waals surface area contributed by atoms with Crippen molar-refractivity contribution in [2.24, 2.45) is 0 Å². The quantitative estimate of drug-likeness (QED) is 0.405. The second-order valence-electron chi connectivity index (χ2n) is 7.62. The van der Waals surface area contributed by atoms with Crippen molar-refractivity contribution in [3.8, 4) is 17.3 Å². The lowest BCUT2D eigenvalue weighted by Crippen LogP contribution is -2.14.